The molecule has 8 nitrogen and oxygen atoms in total. The van der Waals surface area contributed by atoms with Gasteiger partial charge in [0.25, 0.3) is 5.91 Å². The predicted molar refractivity (Wildman–Crippen MR) is 118 cm³/mol. The van der Waals surface area contributed by atoms with E-state index in [9.17, 15) is 4.79 Å². The van der Waals surface area contributed by atoms with Gasteiger partial charge in [0.2, 0.25) is 0 Å². The summed E-state index contributed by atoms with van der Waals surface area (Å²) in [7, 11) is 0. The van der Waals surface area contributed by atoms with Crippen molar-refractivity contribution >= 4 is 16.8 Å². The summed E-state index contributed by atoms with van der Waals surface area (Å²) in [5.74, 6) is 1.08. The molecule has 0 aliphatic heterocycles. The van der Waals surface area contributed by atoms with Crippen LogP contribution < -0.4 is 5.32 Å². The maximum Gasteiger partial charge on any atom is 0.274 e. The maximum absolute atomic E-state index is 12.8. The van der Waals surface area contributed by atoms with E-state index in [2.05, 4.69) is 27.7 Å². The average Bonchev–Trinajstić information content (AvgIpc) is 3.57. The smallest absolute Gasteiger partial charge is 0.274 e. The van der Waals surface area contributed by atoms with E-state index in [1.165, 1.54) is 0 Å². The van der Waals surface area contributed by atoms with E-state index in [1.54, 1.807) is 17.0 Å². The van der Waals surface area contributed by atoms with Crippen molar-refractivity contribution in [2.24, 2.45) is 0 Å². The molecule has 32 heavy (non-hydrogen) atoms. The van der Waals surface area contributed by atoms with Crippen molar-refractivity contribution in [3.63, 3.8) is 0 Å². The van der Waals surface area contributed by atoms with E-state index in [0.29, 0.717) is 23.6 Å². The highest BCUT2D eigenvalue weighted by molar-refractivity contribution is 5.94. The summed E-state index contributed by atoms with van der Waals surface area (Å²) in [6.07, 6.45) is 3.07. The molecular formula is C24H21N5O3. The van der Waals surface area contributed by atoms with Crippen LogP contribution in [0.3, 0.4) is 0 Å². The third-order valence-corrected chi connectivity index (χ3v) is 5.21. The van der Waals surface area contributed by atoms with Gasteiger partial charge in [0.05, 0.1) is 29.6 Å². The Morgan fingerprint density at radius 1 is 1.09 bits per heavy atom. The van der Waals surface area contributed by atoms with Gasteiger partial charge in [-0.3, -0.25) is 4.79 Å². The van der Waals surface area contributed by atoms with E-state index >= 15 is 0 Å². The van der Waals surface area contributed by atoms with Crippen LogP contribution in [0.1, 0.15) is 35.3 Å². The van der Waals surface area contributed by atoms with Crippen molar-refractivity contribution in [3.05, 3.63) is 84.1 Å². The molecule has 0 bridgehead atoms. The average molecular weight is 427 g/mol. The summed E-state index contributed by atoms with van der Waals surface area (Å²) in [4.78, 5) is 12.8. The number of hydrogen-bond acceptors (Lipinski definition) is 6. The number of nitrogens with zero attached hydrogens (tertiary/aromatic N) is 4. The first-order valence-electron chi connectivity index (χ1n) is 10.4. The summed E-state index contributed by atoms with van der Waals surface area (Å²) >= 11 is 0. The highest BCUT2D eigenvalue weighted by atomic mass is 16.5. The maximum atomic E-state index is 12.8. The van der Waals surface area contributed by atoms with Gasteiger partial charge in [-0.15, -0.1) is 5.10 Å². The van der Waals surface area contributed by atoms with Crippen LogP contribution in [0.15, 0.2) is 75.9 Å². The molecule has 3 heterocycles. The second kappa shape index (κ2) is 8.50. The molecule has 3 aromatic heterocycles. The number of nitrogens with one attached hydrogen (secondary N) is 1. The molecule has 0 spiro atoms. The largest absolute Gasteiger partial charge is 0.467 e. The number of amides is 1. The fraction of sp³-hybridized carbons (Fsp3) is 0.167. The third-order valence-electron chi connectivity index (χ3n) is 5.21. The van der Waals surface area contributed by atoms with Crippen molar-refractivity contribution in [1.29, 1.82) is 0 Å². The lowest BCUT2D eigenvalue weighted by Gasteiger charge is -2.08. The minimum atomic E-state index is -0.285. The topological polar surface area (TPSA) is 99.0 Å². The van der Waals surface area contributed by atoms with Crippen molar-refractivity contribution in [2.45, 2.75) is 26.3 Å². The molecular weight excluding hydrogens is 406 g/mol. The lowest BCUT2D eigenvalue weighted by atomic mass is 10.1. The number of furan rings is 1. The lowest BCUT2D eigenvalue weighted by Crippen LogP contribution is -2.24. The fourth-order valence-electron chi connectivity index (χ4n) is 3.67. The van der Waals surface area contributed by atoms with Crippen LogP contribution in [0.2, 0.25) is 0 Å². The second-order valence-electron chi connectivity index (χ2n) is 7.39. The van der Waals surface area contributed by atoms with Crippen molar-refractivity contribution < 1.29 is 13.7 Å². The molecule has 2 aromatic carbocycles. The lowest BCUT2D eigenvalue weighted by molar-refractivity contribution is 0.0942. The summed E-state index contributed by atoms with van der Waals surface area (Å²) in [5, 5.41) is 16.4. The Hall–Kier alpha value is -4.20. The molecule has 0 radical (unpaired) electrons. The second-order valence-corrected chi connectivity index (χ2v) is 7.39. The van der Waals surface area contributed by atoms with Crippen LogP contribution in [0.5, 0.6) is 0 Å². The van der Waals surface area contributed by atoms with Crippen LogP contribution in [0.4, 0.5) is 0 Å². The van der Waals surface area contributed by atoms with E-state index in [0.717, 1.165) is 34.3 Å². The Kier molecular flexibility index (Phi) is 5.25. The molecule has 0 saturated heterocycles. The molecule has 0 unspecified atom stereocenters. The van der Waals surface area contributed by atoms with Crippen molar-refractivity contribution in [2.75, 3.05) is 0 Å². The first kappa shape index (κ1) is 19.7. The number of rotatable bonds is 7. The van der Waals surface area contributed by atoms with Crippen LogP contribution in [0.25, 0.3) is 27.9 Å². The molecule has 5 aromatic rings. The third kappa shape index (κ3) is 3.66. The number of aromatic nitrogens is 4. The molecule has 0 aliphatic rings. The van der Waals surface area contributed by atoms with Crippen LogP contribution in [-0.2, 0) is 13.0 Å². The number of carbonyl (C=O) groups excluding carboxylic acids is 1. The zero-order valence-corrected chi connectivity index (χ0v) is 17.5. The molecule has 160 valence electrons. The Bertz CT molecular complexity index is 1350. The number of hydrogen-bond donors (Lipinski definition) is 1. The molecule has 5 rings (SSSR count). The molecule has 1 amide bonds. The first-order chi connectivity index (χ1) is 15.7. The standard InChI is InChI=1S/C24H21N5O3/c1-2-7-21-22(24(30)25-15-18-10-6-13-31-18)26-28-29(21)17-11-12-20-19(14-17)23(32-27-20)16-8-4-3-5-9-16/h3-6,8-14H,2,7,15H2,1H3,(H,25,30). The summed E-state index contributed by atoms with van der Waals surface area (Å²) < 4.78 is 12.6. The summed E-state index contributed by atoms with van der Waals surface area (Å²) in [6, 6.07) is 19.2. The highest BCUT2D eigenvalue weighted by Gasteiger charge is 2.21. The number of benzene rings is 2. The SMILES string of the molecule is CCCc1c(C(=O)NCc2ccco2)nnn1-c1ccc2noc(-c3ccccc3)c2c1. The van der Waals surface area contributed by atoms with E-state index in [4.69, 9.17) is 8.94 Å². The van der Waals surface area contributed by atoms with Gasteiger partial charge in [-0.1, -0.05) is 54.0 Å². The Morgan fingerprint density at radius 3 is 2.75 bits per heavy atom. The molecule has 0 aliphatic carbocycles. The van der Waals surface area contributed by atoms with Gasteiger partial charge >= 0.3 is 0 Å². The minimum absolute atomic E-state index is 0.285. The van der Waals surface area contributed by atoms with Crippen molar-refractivity contribution in [3.8, 4) is 17.0 Å². The molecule has 0 atom stereocenters. The normalized spacial score (nSPS) is 11.2. The zero-order valence-electron chi connectivity index (χ0n) is 17.5. The monoisotopic (exact) mass is 427 g/mol. The summed E-state index contributed by atoms with van der Waals surface area (Å²) in [6.45, 7) is 2.34. The van der Waals surface area contributed by atoms with E-state index in [1.807, 2.05) is 54.6 Å². The van der Waals surface area contributed by atoms with Crippen LogP contribution in [-0.4, -0.2) is 26.1 Å². The Balaban J connectivity index is 1.51. The zero-order chi connectivity index (χ0) is 21.9. The number of carbonyl (C=O) groups is 1. The molecule has 1 N–H and O–H groups in total. The first-order valence-corrected chi connectivity index (χ1v) is 10.4. The highest BCUT2D eigenvalue weighted by Crippen LogP contribution is 2.30. The summed E-state index contributed by atoms with van der Waals surface area (Å²) in [5.41, 5.74) is 3.55. The van der Waals surface area contributed by atoms with Gasteiger partial charge in [0, 0.05) is 5.56 Å². The van der Waals surface area contributed by atoms with E-state index < -0.39 is 0 Å². The quantitative estimate of drug-likeness (QED) is 0.409. The molecule has 8 heteroatoms. The van der Waals surface area contributed by atoms with Gasteiger partial charge < -0.3 is 14.3 Å². The van der Waals surface area contributed by atoms with Crippen molar-refractivity contribution in [1.82, 2.24) is 25.5 Å². The van der Waals surface area contributed by atoms with Crippen LogP contribution in [0, 0.1) is 0 Å². The van der Waals surface area contributed by atoms with Gasteiger partial charge in [-0.2, -0.15) is 0 Å². The molecule has 0 fully saturated rings. The Labute approximate surface area is 183 Å². The van der Waals surface area contributed by atoms with Gasteiger partial charge in [0.15, 0.2) is 11.5 Å². The van der Waals surface area contributed by atoms with Crippen LogP contribution >= 0.6 is 0 Å². The minimum Gasteiger partial charge on any atom is -0.467 e. The van der Waals surface area contributed by atoms with Gasteiger partial charge in [-0.25, -0.2) is 4.68 Å². The van der Waals surface area contributed by atoms with E-state index in [-0.39, 0.29) is 12.5 Å². The Morgan fingerprint density at radius 2 is 1.97 bits per heavy atom. The molecule has 0 saturated carbocycles. The predicted octanol–water partition coefficient (Wildman–Crippen LogP) is 4.55. The van der Waals surface area contributed by atoms with Gasteiger partial charge in [-0.05, 0) is 36.8 Å². The van der Waals surface area contributed by atoms with Gasteiger partial charge in [0.1, 0.15) is 11.3 Å². The fourth-order valence-corrected chi connectivity index (χ4v) is 3.67. The number of fused-ring (bicyclic) bond motifs is 1.